The van der Waals surface area contributed by atoms with Crippen molar-refractivity contribution < 1.29 is 28.3 Å². The molecular weight excluding hydrogens is 705 g/mol. The summed E-state index contributed by atoms with van der Waals surface area (Å²) in [6.07, 6.45) is 5.39. The number of amides is 3. The number of aliphatic hydroxyl groups is 1. The standard InChI is InChI=1S/C41H50N6O6S/c1-3-29(2)39(47-23-22-45(41(47)50)27-33-20-21-42-36-15-8-7-14-35(33)36)40(49)44-37(24-30-10-5-4-6-11-30)38(48)28-46(26-32-12-9-13-32)54(52,53)34-18-16-31(17-19-34)25-43-51/h4-8,10-11,14-21,25,29,32,37-39,48,51H,3,9,12-13,22-24,26-28H2,1-2H3,(H,44,49)/b43-25+/t29?,37-,38+,39?/m0/s1. The van der Waals surface area contributed by atoms with E-state index < -0.39 is 28.2 Å². The Bertz CT molecular complexity index is 2020. The zero-order valence-corrected chi connectivity index (χ0v) is 31.7. The van der Waals surface area contributed by atoms with E-state index in [-0.39, 0.29) is 48.2 Å². The molecular formula is C41H50N6O6S. The van der Waals surface area contributed by atoms with Crippen LogP contribution in [0.5, 0.6) is 0 Å². The van der Waals surface area contributed by atoms with Crippen molar-refractivity contribution in [3.05, 3.63) is 108 Å². The fourth-order valence-electron chi connectivity index (χ4n) is 7.37. The predicted octanol–water partition coefficient (Wildman–Crippen LogP) is 5.27. The minimum atomic E-state index is -4.04. The molecule has 2 unspecified atom stereocenters. The van der Waals surface area contributed by atoms with Crippen molar-refractivity contribution in [3.63, 3.8) is 0 Å². The number of carbonyl (C=O) groups is 2. The Hall–Kier alpha value is -4.85. The lowest BCUT2D eigenvalue weighted by molar-refractivity contribution is -0.128. The van der Waals surface area contributed by atoms with Crippen LogP contribution in [0.3, 0.4) is 0 Å². The number of carbonyl (C=O) groups excluding carboxylic acids is 2. The highest BCUT2D eigenvalue weighted by molar-refractivity contribution is 7.89. The van der Waals surface area contributed by atoms with Crippen LogP contribution < -0.4 is 5.32 Å². The third-order valence-electron chi connectivity index (χ3n) is 10.9. The summed E-state index contributed by atoms with van der Waals surface area (Å²) in [7, 11) is -4.04. The topological polar surface area (TPSA) is 156 Å². The molecule has 2 fully saturated rings. The van der Waals surface area contributed by atoms with Gasteiger partial charge in [-0.1, -0.05) is 92.5 Å². The van der Waals surface area contributed by atoms with Crippen molar-refractivity contribution in [1.82, 2.24) is 24.4 Å². The van der Waals surface area contributed by atoms with Crippen LogP contribution in [0.25, 0.3) is 10.9 Å². The Morgan fingerprint density at radius 1 is 1.04 bits per heavy atom. The second kappa shape index (κ2) is 17.5. The second-order valence-corrected chi connectivity index (χ2v) is 16.5. The van der Waals surface area contributed by atoms with Crippen LogP contribution in [-0.2, 0) is 27.8 Å². The number of benzene rings is 3. The van der Waals surface area contributed by atoms with E-state index in [2.05, 4.69) is 15.5 Å². The Labute approximate surface area is 317 Å². The van der Waals surface area contributed by atoms with Crippen LogP contribution in [0.15, 0.2) is 101 Å². The van der Waals surface area contributed by atoms with Gasteiger partial charge >= 0.3 is 6.03 Å². The van der Waals surface area contributed by atoms with E-state index in [9.17, 15) is 23.1 Å². The number of sulfonamides is 1. The number of aromatic nitrogens is 1. The van der Waals surface area contributed by atoms with Crippen LogP contribution in [-0.4, -0.2) is 100 Å². The Morgan fingerprint density at radius 3 is 2.44 bits per heavy atom. The molecule has 1 aliphatic carbocycles. The minimum absolute atomic E-state index is 0.0569. The predicted molar refractivity (Wildman–Crippen MR) is 208 cm³/mol. The highest BCUT2D eigenvalue weighted by Gasteiger charge is 2.41. The van der Waals surface area contributed by atoms with Crippen LogP contribution >= 0.6 is 0 Å². The maximum Gasteiger partial charge on any atom is 0.321 e. The zero-order valence-electron chi connectivity index (χ0n) is 30.9. The van der Waals surface area contributed by atoms with E-state index in [1.807, 2.05) is 74.5 Å². The van der Waals surface area contributed by atoms with E-state index in [1.54, 1.807) is 28.1 Å². The molecule has 12 nitrogen and oxygen atoms in total. The SMILES string of the molecule is CCC(C)C(C(=O)N[C@@H](Cc1ccccc1)[C@H](O)CN(CC1CCC1)S(=O)(=O)c1ccc(/C=N/O)cc1)N1CCN(Cc2ccnc3ccccc23)C1=O. The average molecular weight is 755 g/mol. The third-order valence-corrected chi connectivity index (χ3v) is 12.8. The van der Waals surface area contributed by atoms with Crippen molar-refractivity contribution in [2.24, 2.45) is 17.0 Å². The molecule has 3 N–H and O–H groups in total. The van der Waals surface area contributed by atoms with E-state index >= 15 is 0 Å². The summed E-state index contributed by atoms with van der Waals surface area (Å²) in [6, 6.07) is 23.3. The number of aliphatic hydroxyl groups excluding tert-OH is 1. The van der Waals surface area contributed by atoms with Gasteiger partial charge in [-0.15, -0.1) is 0 Å². The van der Waals surface area contributed by atoms with Crippen molar-refractivity contribution in [2.75, 3.05) is 26.2 Å². The summed E-state index contributed by atoms with van der Waals surface area (Å²) in [4.78, 5) is 36.4. The first-order valence-electron chi connectivity index (χ1n) is 18.8. The number of hydrogen-bond acceptors (Lipinski definition) is 8. The maximum absolute atomic E-state index is 14.4. The van der Waals surface area contributed by atoms with Gasteiger partial charge < -0.3 is 25.4 Å². The van der Waals surface area contributed by atoms with Crippen molar-refractivity contribution in [1.29, 1.82) is 0 Å². The van der Waals surface area contributed by atoms with Gasteiger partial charge in [-0.3, -0.25) is 9.78 Å². The molecule has 6 rings (SSSR count). The van der Waals surface area contributed by atoms with E-state index in [0.29, 0.717) is 31.6 Å². The molecule has 3 amide bonds. The number of hydrogen-bond donors (Lipinski definition) is 3. The summed E-state index contributed by atoms with van der Waals surface area (Å²) in [5.41, 5.74) is 3.23. The molecule has 0 spiro atoms. The number of para-hydroxylation sites is 1. The lowest BCUT2D eigenvalue weighted by atomic mass is 9.85. The van der Waals surface area contributed by atoms with Gasteiger partial charge in [0.1, 0.15) is 6.04 Å². The van der Waals surface area contributed by atoms with E-state index in [0.717, 1.165) is 41.3 Å². The lowest BCUT2D eigenvalue weighted by Gasteiger charge is -2.36. The zero-order chi connectivity index (χ0) is 38.2. The molecule has 2 aliphatic rings. The van der Waals surface area contributed by atoms with Gasteiger partial charge in [0.05, 0.1) is 28.8 Å². The number of nitrogens with one attached hydrogen (secondary N) is 1. The number of fused-ring (bicyclic) bond motifs is 1. The first-order valence-corrected chi connectivity index (χ1v) is 20.2. The highest BCUT2D eigenvalue weighted by Crippen LogP contribution is 2.30. The van der Waals surface area contributed by atoms with Crippen LogP contribution in [0, 0.1) is 11.8 Å². The number of nitrogens with zero attached hydrogens (tertiary/aromatic N) is 5. The van der Waals surface area contributed by atoms with Crippen molar-refractivity contribution in [3.8, 4) is 0 Å². The number of oxime groups is 1. The van der Waals surface area contributed by atoms with Gasteiger partial charge in [0.2, 0.25) is 15.9 Å². The molecule has 2 heterocycles. The summed E-state index contributed by atoms with van der Waals surface area (Å²) in [6.45, 7) is 5.14. The summed E-state index contributed by atoms with van der Waals surface area (Å²) in [5.74, 6) is -0.415. The maximum atomic E-state index is 14.4. The quantitative estimate of drug-likeness (QED) is 0.0754. The minimum Gasteiger partial charge on any atom is -0.411 e. The van der Waals surface area contributed by atoms with Gasteiger partial charge in [0.15, 0.2) is 0 Å². The first-order chi connectivity index (χ1) is 26.1. The summed E-state index contributed by atoms with van der Waals surface area (Å²) >= 11 is 0. The molecule has 0 radical (unpaired) electrons. The van der Waals surface area contributed by atoms with Crippen molar-refractivity contribution in [2.45, 2.75) is 75.6 Å². The fraction of sp³-hybridized carbons (Fsp3) is 0.415. The Morgan fingerprint density at radius 2 is 1.76 bits per heavy atom. The molecule has 3 aromatic carbocycles. The molecule has 4 atom stereocenters. The Balaban J connectivity index is 1.23. The van der Waals surface area contributed by atoms with Gasteiger partial charge in [0, 0.05) is 44.3 Å². The second-order valence-electron chi connectivity index (χ2n) is 14.5. The normalized spacial score (nSPS) is 17.5. The van der Waals surface area contributed by atoms with Gasteiger partial charge in [-0.25, -0.2) is 13.2 Å². The summed E-state index contributed by atoms with van der Waals surface area (Å²) < 4.78 is 29.5. The number of rotatable bonds is 17. The monoisotopic (exact) mass is 754 g/mol. The molecule has 1 saturated heterocycles. The largest absolute Gasteiger partial charge is 0.411 e. The lowest BCUT2D eigenvalue weighted by Crippen LogP contribution is -2.57. The summed E-state index contributed by atoms with van der Waals surface area (Å²) in [5, 5.41) is 27.9. The third kappa shape index (κ3) is 8.91. The molecule has 4 aromatic rings. The van der Waals surface area contributed by atoms with E-state index in [1.165, 1.54) is 22.7 Å². The Kier molecular flexibility index (Phi) is 12.6. The molecule has 13 heteroatoms. The average Bonchev–Trinajstić information content (AvgIpc) is 3.51. The van der Waals surface area contributed by atoms with Crippen LogP contribution in [0.2, 0.25) is 0 Å². The number of pyridine rings is 1. The van der Waals surface area contributed by atoms with Crippen LogP contribution in [0.1, 0.15) is 56.2 Å². The molecule has 1 aromatic heterocycles. The van der Waals surface area contributed by atoms with Gasteiger partial charge in [-0.05, 0) is 72.1 Å². The van der Waals surface area contributed by atoms with E-state index in [4.69, 9.17) is 5.21 Å². The molecule has 0 bridgehead atoms. The van der Waals surface area contributed by atoms with Crippen molar-refractivity contribution >= 4 is 39.1 Å². The molecule has 1 saturated carbocycles. The van der Waals surface area contributed by atoms with Gasteiger partial charge in [0.25, 0.3) is 0 Å². The molecule has 286 valence electrons. The highest BCUT2D eigenvalue weighted by atomic mass is 32.2. The molecule has 54 heavy (non-hydrogen) atoms. The first kappa shape index (κ1) is 38.9. The smallest absolute Gasteiger partial charge is 0.321 e. The molecule has 1 aliphatic heterocycles. The fourth-order valence-corrected chi connectivity index (χ4v) is 8.90. The van der Waals surface area contributed by atoms with Gasteiger partial charge in [-0.2, -0.15) is 4.31 Å². The number of urea groups is 1. The van der Waals surface area contributed by atoms with Crippen LogP contribution in [0.4, 0.5) is 4.79 Å².